The van der Waals surface area contributed by atoms with Crippen LogP contribution in [0.2, 0.25) is 0 Å². The van der Waals surface area contributed by atoms with E-state index in [4.69, 9.17) is 14.7 Å². The van der Waals surface area contributed by atoms with Gasteiger partial charge >= 0.3 is 6.01 Å². The summed E-state index contributed by atoms with van der Waals surface area (Å²) in [6, 6.07) is 5.48. The van der Waals surface area contributed by atoms with E-state index in [9.17, 15) is 18.8 Å². The Labute approximate surface area is 257 Å². The molecular formula is C32H40F2N8O2. The molecule has 1 aromatic heterocycles. The van der Waals surface area contributed by atoms with Crippen molar-refractivity contribution in [3.8, 4) is 12.1 Å². The average molecular weight is 607 g/mol. The highest BCUT2D eigenvalue weighted by molar-refractivity contribution is 5.91. The van der Waals surface area contributed by atoms with Gasteiger partial charge in [0.05, 0.1) is 42.1 Å². The highest BCUT2D eigenvalue weighted by atomic mass is 19.1. The van der Waals surface area contributed by atoms with Crippen molar-refractivity contribution in [2.75, 3.05) is 74.7 Å². The number of nitriles is 1. The van der Waals surface area contributed by atoms with Crippen LogP contribution < -0.4 is 19.4 Å². The Kier molecular flexibility index (Phi) is 8.58. The summed E-state index contributed by atoms with van der Waals surface area (Å²) in [6.45, 7) is 7.70. The molecule has 12 heteroatoms. The van der Waals surface area contributed by atoms with Crippen LogP contribution >= 0.6 is 0 Å². The zero-order valence-corrected chi connectivity index (χ0v) is 25.6. The van der Waals surface area contributed by atoms with Crippen LogP contribution in [0.4, 0.5) is 26.0 Å². The third kappa shape index (κ3) is 5.89. The van der Waals surface area contributed by atoms with Gasteiger partial charge in [-0.3, -0.25) is 4.79 Å². The highest BCUT2D eigenvalue weighted by Crippen LogP contribution is 2.40. The maximum absolute atomic E-state index is 14.8. The molecule has 234 valence electrons. The fourth-order valence-corrected chi connectivity index (χ4v) is 7.16. The first-order valence-corrected chi connectivity index (χ1v) is 15.5. The summed E-state index contributed by atoms with van der Waals surface area (Å²) >= 11 is 0. The molecule has 1 aromatic carbocycles. The van der Waals surface area contributed by atoms with Gasteiger partial charge in [-0.05, 0) is 63.4 Å². The molecule has 5 heterocycles. The molecule has 0 spiro atoms. The summed E-state index contributed by atoms with van der Waals surface area (Å²) in [5.41, 5.74) is 4.77. The normalized spacial score (nSPS) is 22.0. The lowest BCUT2D eigenvalue weighted by Crippen LogP contribution is -2.55. The number of carbonyl (C=O) groups excluding carboxylic acids is 1. The van der Waals surface area contributed by atoms with E-state index in [1.165, 1.54) is 4.90 Å². The number of rotatable bonds is 7. The van der Waals surface area contributed by atoms with E-state index >= 15 is 0 Å². The first-order chi connectivity index (χ1) is 21.2. The van der Waals surface area contributed by atoms with Gasteiger partial charge in [0.1, 0.15) is 18.2 Å². The second kappa shape index (κ2) is 12.6. The van der Waals surface area contributed by atoms with E-state index in [1.807, 2.05) is 0 Å². The number of piperazine rings is 1. The molecule has 0 saturated carbocycles. The number of likely N-dealkylation sites (tertiary alicyclic amines) is 1. The van der Waals surface area contributed by atoms with Crippen LogP contribution in [0.5, 0.6) is 6.01 Å². The number of hydrogen-bond acceptors (Lipinski definition) is 9. The van der Waals surface area contributed by atoms with Crippen molar-refractivity contribution in [1.29, 1.82) is 5.26 Å². The van der Waals surface area contributed by atoms with Gasteiger partial charge in [-0.2, -0.15) is 15.2 Å². The number of halogens is 2. The minimum Gasteiger partial charge on any atom is -0.462 e. The molecule has 0 bridgehead atoms. The smallest absolute Gasteiger partial charge is 0.318 e. The molecule has 2 fully saturated rings. The van der Waals surface area contributed by atoms with Crippen molar-refractivity contribution < 1.29 is 18.3 Å². The van der Waals surface area contributed by atoms with Gasteiger partial charge in [-0.25, -0.2) is 8.78 Å². The summed E-state index contributed by atoms with van der Waals surface area (Å²) in [5, 5.41) is 9.50. The number of benzene rings is 1. The number of hydrogen-bond donors (Lipinski definition) is 0. The predicted octanol–water partition coefficient (Wildman–Crippen LogP) is 3.45. The van der Waals surface area contributed by atoms with Crippen LogP contribution in [0, 0.1) is 17.1 Å². The molecule has 10 nitrogen and oxygen atoms in total. The number of amides is 1. The SMILES string of the molecule is C=C(F)C(=O)N1CCN(c2nc(OC[C@@H]3CCCN3C)nc3c2CCN(c2cc(F)cc4c2N(C)CCC4)C3)C[C@@H]1CC#N. The first kappa shape index (κ1) is 30.1. The van der Waals surface area contributed by atoms with E-state index in [0.717, 1.165) is 72.8 Å². The molecule has 0 radical (unpaired) electrons. The Morgan fingerprint density at radius 2 is 1.93 bits per heavy atom. The summed E-state index contributed by atoms with van der Waals surface area (Å²) in [7, 11) is 4.15. The Balaban J connectivity index is 1.33. The number of fused-ring (bicyclic) bond motifs is 2. The number of anilines is 3. The quantitative estimate of drug-likeness (QED) is 0.440. The number of likely N-dealkylation sites (N-methyl/N-ethyl adjacent to an activating group) is 1. The van der Waals surface area contributed by atoms with Crippen LogP contribution in [0.1, 0.15) is 42.5 Å². The molecule has 44 heavy (non-hydrogen) atoms. The highest BCUT2D eigenvalue weighted by Gasteiger charge is 2.35. The lowest BCUT2D eigenvalue weighted by molar-refractivity contribution is -0.131. The molecule has 2 saturated heterocycles. The molecule has 0 N–H and O–H groups in total. The third-order valence-electron chi connectivity index (χ3n) is 9.50. The van der Waals surface area contributed by atoms with E-state index in [-0.39, 0.29) is 30.8 Å². The maximum atomic E-state index is 14.8. The van der Waals surface area contributed by atoms with Gasteiger partial charge in [0, 0.05) is 51.4 Å². The summed E-state index contributed by atoms with van der Waals surface area (Å²) in [5.74, 6) is -1.33. The Morgan fingerprint density at radius 1 is 1.09 bits per heavy atom. The number of ether oxygens (including phenoxy) is 1. The first-order valence-electron chi connectivity index (χ1n) is 15.5. The van der Waals surface area contributed by atoms with Gasteiger partial charge in [0.15, 0.2) is 5.83 Å². The van der Waals surface area contributed by atoms with Gasteiger partial charge in [-0.1, -0.05) is 6.58 Å². The molecule has 0 aliphatic carbocycles. The average Bonchev–Trinajstić information content (AvgIpc) is 3.43. The second-order valence-corrected chi connectivity index (χ2v) is 12.3. The lowest BCUT2D eigenvalue weighted by atomic mass is 9.98. The monoisotopic (exact) mass is 606 g/mol. The number of aryl methyl sites for hydroxylation is 1. The van der Waals surface area contributed by atoms with E-state index in [0.29, 0.717) is 39.2 Å². The standard InChI is InChI=1S/C32H40F2N8O2/c1-21(33)31(43)42-15-14-41(18-24(42)8-10-35)30-26-9-13-40(28-17-23(34)16-22-6-4-12-39(3)29(22)28)19-27(26)36-32(37-30)44-20-25-7-5-11-38(25)2/h16-17,24-25H,1,4-9,11-15,18-20H2,2-3H3/t24-,25-/m0/s1. The number of carbonyl (C=O) groups is 1. The summed E-state index contributed by atoms with van der Waals surface area (Å²) in [4.78, 5) is 32.5. The van der Waals surface area contributed by atoms with Crippen LogP contribution in [-0.2, 0) is 24.2 Å². The zero-order valence-electron chi connectivity index (χ0n) is 25.6. The Hall–Kier alpha value is -3.98. The zero-order chi connectivity index (χ0) is 31.0. The van der Waals surface area contributed by atoms with Gasteiger partial charge < -0.3 is 29.2 Å². The third-order valence-corrected chi connectivity index (χ3v) is 9.50. The largest absolute Gasteiger partial charge is 0.462 e. The van der Waals surface area contributed by atoms with Gasteiger partial charge in [0.2, 0.25) is 0 Å². The lowest BCUT2D eigenvalue weighted by Gasteiger charge is -2.42. The molecule has 2 aromatic rings. The Bertz CT molecular complexity index is 1480. The van der Waals surface area contributed by atoms with E-state index in [1.54, 1.807) is 12.1 Å². The van der Waals surface area contributed by atoms with E-state index in [2.05, 4.69) is 46.3 Å². The van der Waals surface area contributed by atoms with Crippen LogP contribution in [-0.4, -0.2) is 97.7 Å². The van der Waals surface area contributed by atoms with Crippen molar-refractivity contribution in [3.05, 3.63) is 47.2 Å². The molecule has 6 rings (SSSR count). The van der Waals surface area contributed by atoms with Gasteiger partial charge in [-0.15, -0.1) is 0 Å². The molecule has 4 aliphatic heterocycles. The molecular weight excluding hydrogens is 566 g/mol. The molecule has 4 aliphatic rings. The summed E-state index contributed by atoms with van der Waals surface area (Å²) in [6.07, 6.45) is 4.71. The van der Waals surface area contributed by atoms with Crippen molar-refractivity contribution in [2.24, 2.45) is 0 Å². The Morgan fingerprint density at radius 3 is 2.68 bits per heavy atom. The fraction of sp³-hybridized carbons (Fsp3) is 0.562. The minimum atomic E-state index is -1.03. The fourth-order valence-electron chi connectivity index (χ4n) is 7.16. The van der Waals surface area contributed by atoms with Crippen LogP contribution in [0.25, 0.3) is 0 Å². The molecule has 1 amide bonds. The van der Waals surface area contributed by atoms with Crippen LogP contribution in [0.3, 0.4) is 0 Å². The van der Waals surface area contributed by atoms with E-state index < -0.39 is 17.8 Å². The maximum Gasteiger partial charge on any atom is 0.318 e. The number of nitrogens with zero attached hydrogens (tertiary/aromatic N) is 8. The van der Waals surface area contributed by atoms with Crippen molar-refractivity contribution in [3.63, 3.8) is 0 Å². The number of aromatic nitrogens is 2. The second-order valence-electron chi connectivity index (χ2n) is 12.3. The van der Waals surface area contributed by atoms with Crippen molar-refractivity contribution in [2.45, 2.75) is 57.2 Å². The van der Waals surface area contributed by atoms with Crippen molar-refractivity contribution in [1.82, 2.24) is 19.8 Å². The van der Waals surface area contributed by atoms with Crippen LogP contribution in [0.15, 0.2) is 24.5 Å². The van der Waals surface area contributed by atoms with Gasteiger partial charge in [0.25, 0.3) is 5.91 Å². The topological polar surface area (TPSA) is 92.1 Å². The predicted molar refractivity (Wildman–Crippen MR) is 164 cm³/mol. The molecule has 0 unspecified atom stereocenters. The van der Waals surface area contributed by atoms with Crippen molar-refractivity contribution >= 4 is 23.1 Å². The minimum absolute atomic E-state index is 0.0616. The molecule has 2 atom stereocenters. The summed E-state index contributed by atoms with van der Waals surface area (Å²) < 4.78 is 34.9.